The summed E-state index contributed by atoms with van der Waals surface area (Å²) in [5.41, 5.74) is -0.109. The van der Waals surface area contributed by atoms with Gasteiger partial charge in [-0.1, -0.05) is 24.3 Å². The van der Waals surface area contributed by atoms with E-state index in [2.05, 4.69) is 0 Å². The van der Waals surface area contributed by atoms with Crippen LogP contribution in [-0.2, 0) is 11.0 Å². The van der Waals surface area contributed by atoms with Crippen LogP contribution in [0.15, 0.2) is 54.6 Å². The Morgan fingerprint density at radius 1 is 0.848 bits per heavy atom. The average Bonchev–Trinajstić information content (AvgIpc) is 2.81. The lowest BCUT2D eigenvalue weighted by atomic mass is 10.1. The SMILES string of the molecule is COc1cc(CO[Si](C)(c2ccc(F)cc2)c2ccc(F)cc2)c([N+](=O)[O-])c(OC)c1OC. The Morgan fingerprint density at radius 3 is 1.73 bits per heavy atom. The molecule has 174 valence electrons. The number of nitrogens with zero attached hydrogens (tertiary/aromatic N) is 1. The number of hydrogen-bond acceptors (Lipinski definition) is 6. The lowest BCUT2D eigenvalue weighted by Gasteiger charge is -2.29. The molecular weight excluding hydrogens is 452 g/mol. The molecule has 3 aromatic carbocycles. The van der Waals surface area contributed by atoms with Crippen molar-refractivity contribution in [2.24, 2.45) is 0 Å². The second-order valence-corrected chi connectivity index (χ2v) is 10.8. The Labute approximate surface area is 190 Å². The van der Waals surface area contributed by atoms with Gasteiger partial charge >= 0.3 is 5.69 Å². The zero-order valence-electron chi connectivity index (χ0n) is 18.6. The first-order valence-electron chi connectivity index (χ1n) is 9.87. The van der Waals surface area contributed by atoms with Crippen molar-refractivity contribution < 1.29 is 32.3 Å². The molecule has 0 unspecified atom stereocenters. The van der Waals surface area contributed by atoms with Crippen molar-refractivity contribution in [1.82, 2.24) is 0 Å². The van der Waals surface area contributed by atoms with Crippen LogP contribution in [0.1, 0.15) is 5.56 Å². The van der Waals surface area contributed by atoms with E-state index in [1.165, 1.54) is 51.7 Å². The quantitative estimate of drug-likeness (QED) is 0.266. The summed E-state index contributed by atoms with van der Waals surface area (Å²) in [6.07, 6.45) is 0. The monoisotopic (exact) mass is 475 g/mol. The highest BCUT2D eigenvalue weighted by Gasteiger charge is 2.36. The number of nitro benzene ring substituents is 1. The van der Waals surface area contributed by atoms with E-state index in [-0.39, 0.29) is 35.1 Å². The second-order valence-electron chi connectivity index (χ2n) is 7.25. The third-order valence-electron chi connectivity index (χ3n) is 5.37. The summed E-state index contributed by atoms with van der Waals surface area (Å²) in [5.74, 6) is -0.575. The van der Waals surface area contributed by atoms with Crippen LogP contribution in [0, 0.1) is 21.7 Å². The van der Waals surface area contributed by atoms with Crippen molar-refractivity contribution in [3.63, 3.8) is 0 Å². The fourth-order valence-corrected chi connectivity index (χ4v) is 6.31. The van der Waals surface area contributed by atoms with E-state index in [0.717, 1.165) is 0 Å². The lowest BCUT2D eigenvalue weighted by Crippen LogP contribution is -2.58. The highest BCUT2D eigenvalue weighted by molar-refractivity contribution is 6.96. The molecule has 0 heterocycles. The number of methoxy groups -OCH3 is 3. The van der Waals surface area contributed by atoms with Gasteiger partial charge in [0, 0.05) is 0 Å². The zero-order valence-corrected chi connectivity index (χ0v) is 19.6. The molecule has 7 nitrogen and oxygen atoms in total. The van der Waals surface area contributed by atoms with Gasteiger partial charge in [0.15, 0.2) is 5.75 Å². The van der Waals surface area contributed by atoms with Gasteiger partial charge in [-0.3, -0.25) is 10.1 Å². The van der Waals surface area contributed by atoms with Gasteiger partial charge in [-0.25, -0.2) is 8.78 Å². The lowest BCUT2D eigenvalue weighted by molar-refractivity contribution is -0.386. The predicted molar refractivity (Wildman–Crippen MR) is 121 cm³/mol. The fourth-order valence-electron chi connectivity index (χ4n) is 3.59. The van der Waals surface area contributed by atoms with Crippen molar-refractivity contribution in [3.05, 3.63) is 81.9 Å². The van der Waals surface area contributed by atoms with Crippen molar-refractivity contribution in [2.45, 2.75) is 13.2 Å². The molecule has 3 aromatic rings. The molecular formula is C23H23F2NO6Si. The molecule has 10 heteroatoms. The molecule has 0 atom stereocenters. The third kappa shape index (κ3) is 4.81. The molecule has 0 bridgehead atoms. The molecule has 0 aliphatic carbocycles. The number of nitro groups is 1. The smallest absolute Gasteiger partial charge is 0.320 e. The van der Waals surface area contributed by atoms with Crippen molar-refractivity contribution >= 4 is 24.4 Å². The van der Waals surface area contributed by atoms with E-state index >= 15 is 0 Å². The van der Waals surface area contributed by atoms with E-state index in [9.17, 15) is 18.9 Å². The van der Waals surface area contributed by atoms with Crippen molar-refractivity contribution in [3.8, 4) is 17.2 Å². The predicted octanol–water partition coefficient (Wildman–Crippen LogP) is 3.81. The van der Waals surface area contributed by atoms with Gasteiger partial charge in [-0.2, -0.15) is 0 Å². The van der Waals surface area contributed by atoms with E-state index < -0.39 is 24.9 Å². The van der Waals surface area contributed by atoms with Crippen LogP contribution in [0.4, 0.5) is 14.5 Å². The van der Waals surface area contributed by atoms with Gasteiger partial charge in [0.25, 0.3) is 8.32 Å². The highest BCUT2D eigenvalue weighted by atomic mass is 28.4. The molecule has 0 fully saturated rings. The summed E-state index contributed by atoms with van der Waals surface area (Å²) in [6.45, 7) is 1.68. The number of ether oxygens (including phenoxy) is 3. The van der Waals surface area contributed by atoms with Crippen LogP contribution >= 0.6 is 0 Å². The maximum Gasteiger partial charge on any atom is 0.320 e. The summed E-state index contributed by atoms with van der Waals surface area (Å²) in [6, 6.07) is 13.1. The molecule has 0 aromatic heterocycles. The molecule has 33 heavy (non-hydrogen) atoms. The van der Waals surface area contributed by atoms with Gasteiger partial charge in [0.05, 0.1) is 38.4 Å². The molecule has 0 N–H and O–H groups in total. The fraction of sp³-hybridized carbons (Fsp3) is 0.217. The number of hydrogen-bond donors (Lipinski definition) is 0. The summed E-state index contributed by atoms with van der Waals surface area (Å²) in [7, 11) is 1.02. The molecule has 0 radical (unpaired) electrons. The first-order chi connectivity index (χ1) is 15.7. The Kier molecular flexibility index (Phi) is 7.29. The molecule has 0 spiro atoms. The summed E-state index contributed by atoms with van der Waals surface area (Å²) >= 11 is 0. The molecule has 0 amide bonds. The topological polar surface area (TPSA) is 80.1 Å². The van der Waals surface area contributed by atoms with Crippen LogP contribution in [0.2, 0.25) is 6.55 Å². The van der Waals surface area contributed by atoms with Crippen LogP contribution in [-0.4, -0.2) is 34.6 Å². The van der Waals surface area contributed by atoms with Crippen molar-refractivity contribution in [2.75, 3.05) is 21.3 Å². The Morgan fingerprint density at radius 2 is 1.33 bits per heavy atom. The molecule has 0 aliphatic rings. The summed E-state index contributed by atoms with van der Waals surface area (Å²) < 4.78 is 49.4. The van der Waals surface area contributed by atoms with Gasteiger partial charge < -0.3 is 18.6 Å². The van der Waals surface area contributed by atoms with E-state index in [1.807, 2.05) is 6.55 Å². The minimum Gasteiger partial charge on any atom is -0.493 e. The van der Waals surface area contributed by atoms with Crippen LogP contribution < -0.4 is 24.6 Å². The number of rotatable bonds is 9. The highest BCUT2D eigenvalue weighted by Crippen LogP contribution is 2.46. The Balaban J connectivity index is 2.11. The Bertz CT molecular complexity index is 1090. The summed E-state index contributed by atoms with van der Waals surface area (Å²) in [4.78, 5) is 11.3. The molecule has 0 saturated carbocycles. The van der Waals surface area contributed by atoms with E-state index in [4.69, 9.17) is 18.6 Å². The molecule has 0 aliphatic heterocycles. The van der Waals surface area contributed by atoms with Gasteiger partial charge in [-0.05, 0) is 47.3 Å². The third-order valence-corrected chi connectivity index (χ3v) is 8.96. The summed E-state index contributed by atoms with van der Waals surface area (Å²) in [5, 5.41) is 13.3. The van der Waals surface area contributed by atoms with Gasteiger partial charge in [-0.15, -0.1) is 0 Å². The molecule has 3 rings (SSSR count). The normalized spacial score (nSPS) is 11.2. The van der Waals surface area contributed by atoms with Gasteiger partial charge in [0.2, 0.25) is 11.5 Å². The Hall–Kier alpha value is -3.50. The maximum atomic E-state index is 13.6. The minimum absolute atomic E-state index is 0.0903. The first-order valence-corrected chi connectivity index (χ1v) is 12.3. The van der Waals surface area contributed by atoms with E-state index in [0.29, 0.717) is 10.4 Å². The zero-order chi connectivity index (χ0) is 24.2. The largest absolute Gasteiger partial charge is 0.493 e. The van der Waals surface area contributed by atoms with E-state index in [1.54, 1.807) is 24.3 Å². The average molecular weight is 476 g/mol. The number of halogens is 2. The number of benzene rings is 3. The standard InChI is InChI=1S/C23H23F2NO6Si/c1-29-20-13-15(21(26(27)28)23(31-3)22(20)30-2)14-32-33(4,18-9-5-16(24)6-10-18)19-11-7-17(25)8-12-19/h5-13H,14H2,1-4H3. The first kappa shape index (κ1) is 24.1. The van der Waals surface area contributed by atoms with Crippen molar-refractivity contribution in [1.29, 1.82) is 0 Å². The minimum atomic E-state index is -3.03. The van der Waals surface area contributed by atoms with Crippen LogP contribution in [0.3, 0.4) is 0 Å². The second kappa shape index (κ2) is 9.97. The van der Waals surface area contributed by atoms with Crippen LogP contribution in [0.5, 0.6) is 17.2 Å². The maximum absolute atomic E-state index is 13.6. The van der Waals surface area contributed by atoms with Gasteiger partial charge in [0.1, 0.15) is 11.6 Å². The molecule has 0 saturated heterocycles. The van der Waals surface area contributed by atoms with Crippen LogP contribution in [0.25, 0.3) is 0 Å².